The van der Waals surface area contributed by atoms with E-state index in [9.17, 15) is 0 Å². The maximum atomic E-state index is 5.71. The maximum Gasteiger partial charge on any atom is 0.0756 e. The number of aryl methyl sites for hydroxylation is 2. The number of rotatable bonds is 2. The van der Waals surface area contributed by atoms with Crippen LogP contribution < -0.4 is 10.6 Å². The quantitative estimate of drug-likeness (QED) is 0.859. The molecule has 0 saturated heterocycles. The fourth-order valence-corrected chi connectivity index (χ4v) is 2.19. The van der Waals surface area contributed by atoms with Crippen LogP contribution in [0, 0.1) is 13.8 Å². The van der Waals surface area contributed by atoms with Gasteiger partial charge in [-0.3, -0.25) is 4.98 Å². The van der Waals surface area contributed by atoms with E-state index in [1.165, 1.54) is 22.2 Å². The first kappa shape index (κ1) is 11.9. The van der Waals surface area contributed by atoms with Crippen molar-refractivity contribution in [1.29, 1.82) is 0 Å². The molecule has 3 heteroatoms. The third-order valence-corrected chi connectivity index (χ3v) is 2.97. The molecule has 0 fully saturated rings. The predicted octanol–water partition coefficient (Wildman–Crippen LogP) is 2.38. The highest BCUT2D eigenvalue weighted by atomic mass is 15.1. The van der Waals surface area contributed by atoms with Gasteiger partial charge in [0.15, 0.2) is 0 Å². The lowest BCUT2D eigenvalue weighted by atomic mass is 10.0. The second kappa shape index (κ2) is 4.34. The molecule has 0 unspecified atom stereocenters. The van der Waals surface area contributed by atoms with Crippen LogP contribution in [0.3, 0.4) is 0 Å². The van der Waals surface area contributed by atoms with Gasteiger partial charge in [-0.2, -0.15) is 0 Å². The third-order valence-electron chi connectivity index (χ3n) is 2.97. The van der Waals surface area contributed by atoms with Gasteiger partial charge in [0.2, 0.25) is 0 Å². The molecule has 1 aromatic carbocycles. The molecule has 0 aliphatic rings. The SMILES string of the molecule is Cc1cc(C)c2nc(CN)cc(N(C)C)c2c1. The number of nitrogens with two attached hydrogens (primary N) is 1. The normalized spacial score (nSPS) is 10.9. The Labute approximate surface area is 102 Å². The minimum absolute atomic E-state index is 0.476. The fraction of sp³-hybridized carbons (Fsp3) is 0.357. The first-order valence-electron chi connectivity index (χ1n) is 5.81. The second-order valence-corrected chi connectivity index (χ2v) is 4.71. The van der Waals surface area contributed by atoms with Gasteiger partial charge in [0.05, 0.1) is 11.2 Å². The number of aromatic nitrogens is 1. The summed E-state index contributed by atoms with van der Waals surface area (Å²) in [5.41, 5.74) is 11.4. The van der Waals surface area contributed by atoms with E-state index in [0.29, 0.717) is 6.54 Å². The minimum Gasteiger partial charge on any atom is -0.377 e. The number of anilines is 1. The summed E-state index contributed by atoms with van der Waals surface area (Å²) in [6.07, 6.45) is 0. The molecule has 0 aliphatic heterocycles. The van der Waals surface area contributed by atoms with Crippen LogP contribution in [0.25, 0.3) is 10.9 Å². The van der Waals surface area contributed by atoms with Crippen molar-refractivity contribution in [2.45, 2.75) is 20.4 Å². The van der Waals surface area contributed by atoms with Crippen molar-refractivity contribution in [1.82, 2.24) is 4.98 Å². The summed E-state index contributed by atoms with van der Waals surface area (Å²) < 4.78 is 0. The maximum absolute atomic E-state index is 5.71. The zero-order chi connectivity index (χ0) is 12.6. The minimum atomic E-state index is 0.476. The lowest BCUT2D eigenvalue weighted by Crippen LogP contribution is -2.11. The van der Waals surface area contributed by atoms with E-state index in [1.54, 1.807) is 0 Å². The molecule has 0 bridgehead atoms. The highest BCUT2D eigenvalue weighted by Crippen LogP contribution is 2.28. The average molecular weight is 229 g/mol. The Balaban J connectivity index is 2.85. The van der Waals surface area contributed by atoms with E-state index in [4.69, 9.17) is 5.73 Å². The van der Waals surface area contributed by atoms with Crippen molar-refractivity contribution in [3.05, 3.63) is 35.0 Å². The molecule has 0 saturated carbocycles. The number of hydrogen-bond donors (Lipinski definition) is 1. The van der Waals surface area contributed by atoms with Crippen LogP contribution in [0.1, 0.15) is 16.8 Å². The molecule has 3 nitrogen and oxygen atoms in total. The molecule has 0 aliphatic carbocycles. The number of hydrogen-bond acceptors (Lipinski definition) is 3. The van der Waals surface area contributed by atoms with Crippen LogP contribution in [-0.2, 0) is 6.54 Å². The van der Waals surface area contributed by atoms with Crippen LogP contribution in [0.4, 0.5) is 5.69 Å². The van der Waals surface area contributed by atoms with Crippen LogP contribution >= 0.6 is 0 Å². The van der Waals surface area contributed by atoms with Crippen molar-refractivity contribution < 1.29 is 0 Å². The van der Waals surface area contributed by atoms with Gasteiger partial charge in [0.1, 0.15) is 0 Å². The van der Waals surface area contributed by atoms with Gasteiger partial charge in [-0.1, -0.05) is 11.6 Å². The summed E-state index contributed by atoms with van der Waals surface area (Å²) in [6, 6.07) is 6.42. The van der Waals surface area contributed by atoms with Gasteiger partial charge in [-0.05, 0) is 31.5 Å². The van der Waals surface area contributed by atoms with E-state index in [0.717, 1.165) is 11.2 Å². The Morgan fingerprint density at radius 1 is 1.18 bits per heavy atom. The Hall–Kier alpha value is -1.61. The summed E-state index contributed by atoms with van der Waals surface area (Å²) in [6.45, 7) is 4.69. The topological polar surface area (TPSA) is 42.1 Å². The van der Waals surface area contributed by atoms with E-state index < -0.39 is 0 Å². The Bertz CT molecular complexity index is 559. The molecule has 0 spiro atoms. The zero-order valence-electron chi connectivity index (χ0n) is 10.9. The molecule has 0 atom stereocenters. The predicted molar refractivity (Wildman–Crippen MR) is 73.4 cm³/mol. The summed E-state index contributed by atoms with van der Waals surface area (Å²) >= 11 is 0. The van der Waals surface area contributed by atoms with E-state index in [2.05, 4.69) is 41.9 Å². The van der Waals surface area contributed by atoms with Gasteiger partial charge in [-0.15, -0.1) is 0 Å². The zero-order valence-corrected chi connectivity index (χ0v) is 10.9. The Kier molecular flexibility index (Phi) is 3.03. The average Bonchev–Trinajstić information content (AvgIpc) is 2.27. The molecule has 0 radical (unpaired) electrons. The molecule has 1 aromatic heterocycles. The van der Waals surface area contributed by atoms with Gasteiger partial charge in [0, 0.05) is 31.7 Å². The molecule has 2 rings (SSSR count). The van der Waals surface area contributed by atoms with Crippen molar-refractivity contribution in [3.63, 3.8) is 0 Å². The van der Waals surface area contributed by atoms with E-state index in [1.807, 2.05) is 14.1 Å². The largest absolute Gasteiger partial charge is 0.377 e. The summed E-state index contributed by atoms with van der Waals surface area (Å²) in [5.74, 6) is 0. The Morgan fingerprint density at radius 3 is 2.47 bits per heavy atom. The smallest absolute Gasteiger partial charge is 0.0756 e. The lowest BCUT2D eigenvalue weighted by molar-refractivity contribution is 0.996. The van der Waals surface area contributed by atoms with Crippen molar-refractivity contribution >= 4 is 16.6 Å². The standard InChI is InChI=1S/C14H19N3/c1-9-5-10(2)14-12(6-9)13(17(3)4)7-11(8-15)16-14/h5-7H,8,15H2,1-4H3. The highest BCUT2D eigenvalue weighted by molar-refractivity contribution is 5.94. The van der Waals surface area contributed by atoms with Gasteiger partial charge < -0.3 is 10.6 Å². The van der Waals surface area contributed by atoms with Gasteiger partial charge >= 0.3 is 0 Å². The fourth-order valence-electron chi connectivity index (χ4n) is 2.19. The van der Waals surface area contributed by atoms with Crippen LogP contribution in [-0.4, -0.2) is 19.1 Å². The molecule has 0 amide bonds. The number of fused-ring (bicyclic) bond motifs is 1. The van der Waals surface area contributed by atoms with Crippen molar-refractivity contribution in [3.8, 4) is 0 Å². The molecule has 17 heavy (non-hydrogen) atoms. The lowest BCUT2D eigenvalue weighted by Gasteiger charge is -2.18. The van der Waals surface area contributed by atoms with Crippen molar-refractivity contribution in [2.24, 2.45) is 5.73 Å². The number of benzene rings is 1. The molecule has 90 valence electrons. The summed E-state index contributed by atoms with van der Waals surface area (Å²) in [5, 5.41) is 1.20. The third kappa shape index (κ3) is 2.11. The number of pyridine rings is 1. The van der Waals surface area contributed by atoms with Gasteiger partial charge in [0.25, 0.3) is 0 Å². The summed E-state index contributed by atoms with van der Waals surface area (Å²) in [7, 11) is 4.10. The Morgan fingerprint density at radius 2 is 1.88 bits per heavy atom. The van der Waals surface area contributed by atoms with Crippen LogP contribution in [0.15, 0.2) is 18.2 Å². The highest BCUT2D eigenvalue weighted by Gasteiger charge is 2.09. The number of nitrogens with zero attached hydrogens (tertiary/aromatic N) is 2. The summed E-state index contributed by atoms with van der Waals surface area (Å²) in [4.78, 5) is 6.74. The molecule has 2 N–H and O–H groups in total. The van der Waals surface area contributed by atoms with Crippen molar-refractivity contribution in [2.75, 3.05) is 19.0 Å². The molecular formula is C14H19N3. The first-order chi connectivity index (χ1) is 8.02. The molecular weight excluding hydrogens is 210 g/mol. The van der Waals surface area contributed by atoms with Crippen LogP contribution in [0.2, 0.25) is 0 Å². The van der Waals surface area contributed by atoms with E-state index >= 15 is 0 Å². The molecule has 2 aromatic rings. The first-order valence-corrected chi connectivity index (χ1v) is 5.81. The molecule has 1 heterocycles. The second-order valence-electron chi connectivity index (χ2n) is 4.71. The van der Waals surface area contributed by atoms with E-state index in [-0.39, 0.29) is 0 Å². The van der Waals surface area contributed by atoms with Gasteiger partial charge in [-0.25, -0.2) is 0 Å². The van der Waals surface area contributed by atoms with Crippen LogP contribution in [0.5, 0.6) is 0 Å². The monoisotopic (exact) mass is 229 g/mol.